The lowest BCUT2D eigenvalue weighted by molar-refractivity contribution is -0.115. The van der Waals surface area contributed by atoms with Gasteiger partial charge in [-0.05, 0) is 23.3 Å². The molecule has 146 valence electrons. The maximum Gasteiger partial charge on any atom is 0.256 e. The van der Waals surface area contributed by atoms with Crippen molar-refractivity contribution in [1.82, 2.24) is 15.3 Å². The van der Waals surface area contributed by atoms with E-state index in [9.17, 15) is 9.18 Å². The Labute approximate surface area is 167 Å². The summed E-state index contributed by atoms with van der Waals surface area (Å²) in [6.07, 6.45) is 5.05. The summed E-state index contributed by atoms with van der Waals surface area (Å²) < 4.78 is 18.4. The number of carbonyl (C=O) groups excluding carboxylic acids is 1. The second kappa shape index (κ2) is 11.0. The number of hydrogen-bond donors (Lipinski definition) is 2. The normalized spacial score (nSPS) is 11.1. The Bertz CT molecular complexity index is 881. The Balaban J connectivity index is 1.93. The Morgan fingerprint density at radius 2 is 2.07 bits per heavy atom. The Kier molecular flexibility index (Phi) is 8.34. The molecule has 0 spiro atoms. The maximum absolute atomic E-state index is 13.2. The van der Waals surface area contributed by atoms with E-state index in [4.69, 9.17) is 27.3 Å². The summed E-state index contributed by atoms with van der Waals surface area (Å²) in [5.41, 5.74) is 7.26. The molecule has 9 heteroatoms. The fraction of sp³-hybridized carbons (Fsp3) is 0.263. The Morgan fingerprint density at radius 3 is 2.71 bits per heavy atom. The van der Waals surface area contributed by atoms with E-state index in [-0.39, 0.29) is 29.6 Å². The summed E-state index contributed by atoms with van der Waals surface area (Å²) in [7, 11) is 0. The lowest BCUT2D eigenvalue weighted by Crippen LogP contribution is -2.29. The Hall–Kier alpha value is -3.02. The van der Waals surface area contributed by atoms with Crippen molar-refractivity contribution in [2.45, 2.75) is 12.8 Å². The van der Waals surface area contributed by atoms with Gasteiger partial charge in [-0.15, -0.1) is 0 Å². The molecule has 0 fully saturated rings. The average molecular weight is 404 g/mol. The third-order valence-electron chi connectivity index (χ3n) is 3.64. The van der Waals surface area contributed by atoms with Gasteiger partial charge in [0.1, 0.15) is 5.82 Å². The third-order valence-corrected chi connectivity index (χ3v) is 3.93. The number of aromatic nitrogens is 2. The predicted molar refractivity (Wildman–Crippen MR) is 102 cm³/mol. The molecule has 0 aliphatic carbocycles. The van der Waals surface area contributed by atoms with Crippen LogP contribution in [-0.4, -0.2) is 35.6 Å². The maximum atomic E-state index is 13.2. The summed E-state index contributed by atoms with van der Waals surface area (Å²) in [6.45, 7) is 0.867. The summed E-state index contributed by atoms with van der Waals surface area (Å²) >= 11 is 5.78. The van der Waals surface area contributed by atoms with E-state index in [0.29, 0.717) is 19.4 Å². The molecule has 0 unspecified atom stereocenters. The zero-order chi connectivity index (χ0) is 20.4. The highest BCUT2D eigenvalue weighted by molar-refractivity contribution is 6.30. The molecule has 28 heavy (non-hydrogen) atoms. The first-order valence-corrected chi connectivity index (χ1v) is 8.83. The molecule has 1 amide bonds. The topological polar surface area (TPSA) is 114 Å². The summed E-state index contributed by atoms with van der Waals surface area (Å²) in [4.78, 5) is 20.6. The molecule has 0 saturated heterocycles. The van der Waals surface area contributed by atoms with Gasteiger partial charge >= 0.3 is 0 Å². The predicted octanol–water partition coefficient (Wildman–Crippen LogP) is 2.21. The van der Waals surface area contributed by atoms with Gasteiger partial charge in [0.15, 0.2) is 5.82 Å². The SMILES string of the molecule is N#CCCOCCNC(=O)/C(=C/N)c1ncc(Cc2ccc(F)c(Cl)c2)cn1. The van der Waals surface area contributed by atoms with Gasteiger partial charge < -0.3 is 15.8 Å². The summed E-state index contributed by atoms with van der Waals surface area (Å²) in [5, 5.41) is 11.1. The smallest absolute Gasteiger partial charge is 0.256 e. The number of benzene rings is 1. The number of rotatable bonds is 9. The molecule has 0 bridgehead atoms. The van der Waals surface area contributed by atoms with Gasteiger partial charge in [0.2, 0.25) is 0 Å². The van der Waals surface area contributed by atoms with E-state index in [2.05, 4.69) is 15.3 Å². The van der Waals surface area contributed by atoms with Gasteiger partial charge in [-0.25, -0.2) is 14.4 Å². The first-order valence-electron chi connectivity index (χ1n) is 8.45. The van der Waals surface area contributed by atoms with Gasteiger partial charge in [-0.1, -0.05) is 17.7 Å². The van der Waals surface area contributed by atoms with Gasteiger partial charge in [0.25, 0.3) is 5.91 Å². The van der Waals surface area contributed by atoms with E-state index in [1.54, 1.807) is 24.5 Å². The van der Waals surface area contributed by atoms with Crippen LogP contribution in [0.4, 0.5) is 4.39 Å². The van der Waals surface area contributed by atoms with Crippen LogP contribution in [0.5, 0.6) is 0 Å². The standard InChI is InChI=1S/C19H19ClFN5O2/c20-16-9-13(2-3-17(16)21)8-14-11-25-18(26-12-14)15(10-23)19(27)24-5-7-28-6-1-4-22/h2-3,9-12H,1,5-8,23H2,(H,24,27)/b15-10+. The second-order valence-corrected chi connectivity index (χ2v) is 6.10. The molecule has 7 nitrogen and oxygen atoms in total. The van der Waals surface area contributed by atoms with Crippen LogP contribution >= 0.6 is 11.6 Å². The number of hydrogen-bond acceptors (Lipinski definition) is 6. The minimum atomic E-state index is -0.476. The zero-order valence-corrected chi connectivity index (χ0v) is 15.7. The molecule has 0 radical (unpaired) electrons. The number of nitriles is 1. The molecular weight excluding hydrogens is 385 g/mol. The fourth-order valence-corrected chi connectivity index (χ4v) is 2.48. The van der Waals surface area contributed by atoms with Crippen LogP contribution in [0.15, 0.2) is 36.8 Å². The van der Waals surface area contributed by atoms with Crippen molar-refractivity contribution in [3.63, 3.8) is 0 Å². The number of amides is 1. The average Bonchev–Trinajstić information content (AvgIpc) is 2.69. The van der Waals surface area contributed by atoms with Crippen molar-refractivity contribution in [1.29, 1.82) is 5.26 Å². The number of carbonyl (C=O) groups is 1. The highest BCUT2D eigenvalue weighted by atomic mass is 35.5. The summed E-state index contributed by atoms with van der Waals surface area (Å²) in [6, 6.07) is 6.44. The largest absolute Gasteiger partial charge is 0.404 e. The molecule has 0 aliphatic rings. The fourth-order valence-electron chi connectivity index (χ4n) is 2.27. The van der Waals surface area contributed by atoms with Crippen LogP contribution in [-0.2, 0) is 16.0 Å². The van der Waals surface area contributed by atoms with Crippen molar-refractivity contribution >= 4 is 23.1 Å². The highest BCUT2D eigenvalue weighted by Gasteiger charge is 2.14. The van der Waals surface area contributed by atoms with E-state index in [1.165, 1.54) is 6.07 Å². The number of nitrogens with zero attached hydrogens (tertiary/aromatic N) is 3. The third kappa shape index (κ3) is 6.30. The van der Waals surface area contributed by atoms with Crippen molar-refractivity contribution in [2.24, 2.45) is 5.73 Å². The molecule has 1 aromatic carbocycles. The molecule has 1 aromatic heterocycles. The highest BCUT2D eigenvalue weighted by Crippen LogP contribution is 2.18. The number of nitrogens with two attached hydrogens (primary N) is 1. The number of ether oxygens (including phenoxy) is 1. The molecule has 0 atom stereocenters. The molecule has 2 rings (SSSR count). The van der Waals surface area contributed by atoms with Crippen molar-refractivity contribution in [3.05, 3.63) is 64.6 Å². The first-order chi connectivity index (χ1) is 13.5. The van der Waals surface area contributed by atoms with Gasteiger partial charge in [0.05, 0.1) is 36.3 Å². The van der Waals surface area contributed by atoms with E-state index >= 15 is 0 Å². The lowest BCUT2D eigenvalue weighted by Gasteiger charge is -2.08. The molecule has 0 aliphatic heterocycles. The summed E-state index contributed by atoms with van der Waals surface area (Å²) in [5.74, 6) is -0.716. The minimum absolute atomic E-state index is 0.0525. The molecule has 2 aromatic rings. The minimum Gasteiger partial charge on any atom is -0.404 e. The molecule has 3 N–H and O–H groups in total. The van der Waals surface area contributed by atoms with E-state index in [1.807, 2.05) is 6.07 Å². The van der Waals surface area contributed by atoms with Crippen molar-refractivity contribution < 1.29 is 13.9 Å². The molecule has 1 heterocycles. The number of nitrogens with one attached hydrogen (secondary N) is 1. The quantitative estimate of drug-likeness (QED) is 0.490. The van der Waals surface area contributed by atoms with Crippen LogP contribution in [0.3, 0.4) is 0 Å². The molecule has 0 saturated carbocycles. The molecular formula is C19H19ClFN5O2. The van der Waals surface area contributed by atoms with Crippen LogP contribution in [0.2, 0.25) is 5.02 Å². The van der Waals surface area contributed by atoms with Gasteiger partial charge in [-0.2, -0.15) is 5.26 Å². The van der Waals surface area contributed by atoms with Gasteiger partial charge in [0, 0.05) is 31.6 Å². The van der Waals surface area contributed by atoms with E-state index in [0.717, 1.165) is 17.3 Å². The van der Waals surface area contributed by atoms with Crippen LogP contribution in [0.25, 0.3) is 5.57 Å². The second-order valence-electron chi connectivity index (χ2n) is 5.70. The Morgan fingerprint density at radius 1 is 1.32 bits per heavy atom. The lowest BCUT2D eigenvalue weighted by atomic mass is 10.1. The van der Waals surface area contributed by atoms with Crippen molar-refractivity contribution in [2.75, 3.05) is 19.8 Å². The zero-order valence-electron chi connectivity index (χ0n) is 15.0. The number of halogens is 2. The van der Waals surface area contributed by atoms with Gasteiger partial charge in [-0.3, -0.25) is 4.79 Å². The van der Waals surface area contributed by atoms with Crippen LogP contribution in [0.1, 0.15) is 23.4 Å². The van der Waals surface area contributed by atoms with Crippen LogP contribution < -0.4 is 11.1 Å². The monoisotopic (exact) mass is 403 g/mol. The van der Waals surface area contributed by atoms with Crippen LogP contribution in [0, 0.1) is 17.1 Å². The van der Waals surface area contributed by atoms with Crippen molar-refractivity contribution in [3.8, 4) is 6.07 Å². The van der Waals surface area contributed by atoms with E-state index < -0.39 is 11.7 Å². The first kappa shape index (κ1) is 21.3.